The highest BCUT2D eigenvalue weighted by atomic mass is 16.4. The SMILES string of the molecule is C[C@H]1CC[C@@]2(C)[C@@H](CC[C@]3(C)[C@@H]2CC=C2[C@@H]4CC(C)(C)CC[C@]4(C(=O)O)CC[C@]23C)[C@]1(C)CO. The van der Waals surface area contributed by atoms with Crippen molar-refractivity contribution in [1.29, 1.82) is 0 Å². The Morgan fingerprint density at radius 2 is 1.62 bits per heavy atom. The summed E-state index contributed by atoms with van der Waals surface area (Å²) in [5, 5.41) is 21.1. The number of hydrogen-bond donors (Lipinski definition) is 2. The molecule has 5 aliphatic carbocycles. The molecule has 2 N–H and O–H groups in total. The lowest BCUT2D eigenvalue weighted by Crippen LogP contribution is -2.65. The van der Waals surface area contributed by atoms with Crippen molar-refractivity contribution in [3.05, 3.63) is 11.6 Å². The summed E-state index contributed by atoms with van der Waals surface area (Å²) in [6.45, 7) is 17.4. The van der Waals surface area contributed by atoms with Crippen LogP contribution < -0.4 is 0 Å². The molecule has 0 amide bonds. The van der Waals surface area contributed by atoms with Crippen LogP contribution in [0.1, 0.15) is 113 Å². The molecule has 0 aromatic carbocycles. The fourth-order valence-corrected chi connectivity index (χ4v) is 10.9. The van der Waals surface area contributed by atoms with Gasteiger partial charge >= 0.3 is 5.97 Å². The zero-order valence-corrected chi connectivity index (χ0v) is 23.0. The predicted octanol–water partition coefficient (Wildman–Crippen LogP) is 7.48. The maximum atomic E-state index is 12.8. The van der Waals surface area contributed by atoms with Crippen molar-refractivity contribution in [2.75, 3.05) is 6.61 Å². The molecule has 0 saturated heterocycles. The highest BCUT2D eigenvalue weighted by molar-refractivity contribution is 5.76. The number of aliphatic hydroxyl groups excluding tert-OH is 1. The molecule has 0 heterocycles. The highest BCUT2D eigenvalue weighted by Gasteiger charge is 2.69. The molecular weight excluding hydrogens is 420 g/mol. The number of aliphatic carboxylic acids is 1. The van der Waals surface area contributed by atoms with Crippen LogP contribution in [0.3, 0.4) is 0 Å². The van der Waals surface area contributed by atoms with Crippen LogP contribution in [0.2, 0.25) is 0 Å². The molecule has 192 valence electrons. The van der Waals surface area contributed by atoms with E-state index >= 15 is 0 Å². The van der Waals surface area contributed by atoms with E-state index in [9.17, 15) is 15.0 Å². The van der Waals surface area contributed by atoms with Crippen molar-refractivity contribution in [1.82, 2.24) is 0 Å². The standard InChI is InChI=1S/C31H50O3/c1-20-10-12-27(4)23(28(20,5)19-32)11-13-30(7)24(27)9-8-21-22-18-26(2,3)14-16-31(22,25(33)34)17-15-29(21,30)6/h8,20,22-24,32H,9-19H2,1-7H3,(H,33,34)/t20-,22-,23+,24+,27-,28+,29+,30+,31-/m0/s1. The molecule has 0 aromatic heterocycles. The second-order valence-corrected chi connectivity index (χ2v) is 15.3. The number of rotatable bonds is 2. The second kappa shape index (κ2) is 7.36. The van der Waals surface area contributed by atoms with E-state index in [1.54, 1.807) is 0 Å². The van der Waals surface area contributed by atoms with E-state index in [1.165, 1.54) is 31.3 Å². The largest absolute Gasteiger partial charge is 0.481 e. The Hall–Kier alpha value is -0.830. The third-order valence-electron chi connectivity index (χ3n) is 13.7. The van der Waals surface area contributed by atoms with E-state index in [1.807, 2.05) is 0 Å². The Morgan fingerprint density at radius 3 is 2.26 bits per heavy atom. The highest BCUT2D eigenvalue weighted by Crippen LogP contribution is 2.76. The number of fused-ring (bicyclic) bond motifs is 7. The number of carboxylic acids is 1. The van der Waals surface area contributed by atoms with Crippen LogP contribution in [0, 0.1) is 56.2 Å². The molecule has 0 unspecified atom stereocenters. The van der Waals surface area contributed by atoms with Gasteiger partial charge in [0.15, 0.2) is 0 Å². The predicted molar refractivity (Wildman–Crippen MR) is 137 cm³/mol. The summed E-state index contributed by atoms with van der Waals surface area (Å²) in [7, 11) is 0. The topological polar surface area (TPSA) is 57.5 Å². The van der Waals surface area contributed by atoms with Crippen molar-refractivity contribution >= 4 is 5.97 Å². The third-order valence-corrected chi connectivity index (χ3v) is 13.7. The summed E-state index contributed by atoms with van der Waals surface area (Å²) < 4.78 is 0. The van der Waals surface area contributed by atoms with Gasteiger partial charge in [0.1, 0.15) is 0 Å². The van der Waals surface area contributed by atoms with E-state index < -0.39 is 11.4 Å². The summed E-state index contributed by atoms with van der Waals surface area (Å²) >= 11 is 0. The molecule has 0 aromatic rings. The van der Waals surface area contributed by atoms with Crippen LogP contribution in [-0.4, -0.2) is 22.8 Å². The van der Waals surface area contributed by atoms with Gasteiger partial charge < -0.3 is 10.2 Å². The van der Waals surface area contributed by atoms with Gasteiger partial charge in [0.2, 0.25) is 0 Å². The van der Waals surface area contributed by atoms with Crippen LogP contribution in [-0.2, 0) is 4.79 Å². The zero-order valence-electron chi connectivity index (χ0n) is 23.0. The Morgan fingerprint density at radius 1 is 0.941 bits per heavy atom. The Labute approximate surface area is 208 Å². The van der Waals surface area contributed by atoms with Gasteiger partial charge in [-0.15, -0.1) is 0 Å². The van der Waals surface area contributed by atoms with Gasteiger partial charge in [-0.3, -0.25) is 4.79 Å². The number of aliphatic hydroxyl groups is 1. The van der Waals surface area contributed by atoms with Crippen LogP contribution in [0.4, 0.5) is 0 Å². The van der Waals surface area contributed by atoms with Gasteiger partial charge in [-0.2, -0.15) is 0 Å². The molecule has 0 spiro atoms. The lowest BCUT2D eigenvalue weighted by molar-refractivity contribution is -0.203. The molecule has 5 rings (SSSR count). The van der Waals surface area contributed by atoms with Gasteiger partial charge in [-0.05, 0) is 115 Å². The van der Waals surface area contributed by atoms with Gasteiger partial charge in [-0.1, -0.05) is 60.1 Å². The fourth-order valence-electron chi connectivity index (χ4n) is 10.9. The number of hydrogen-bond acceptors (Lipinski definition) is 2. The molecule has 0 bridgehead atoms. The summed E-state index contributed by atoms with van der Waals surface area (Å²) in [6, 6.07) is 0. The molecule has 0 radical (unpaired) electrons. The molecule has 34 heavy (non-hydrogen) atoms. The van der Waals surface area contributed by atoms with Gasteiger partial charge in [0, 0.05) is 6.61 Å². The van der Waals surface area contributed by atoms with Crippen LogP contribution in [0.15, 0.2) is 11.6 Å². The summed E-state index contributed by atoms with van der Waals surface area (Å²) in [5.74, 6) is 1.39. The van der Waals surface area contributed by atoms with Crippen molar-refractivity contribution in [2.45, 2.75) is 113 Å². The maximum Gasteiger partial charge on any atom is 0.310 e. The molecule has 5 aliphatic rings. The Kier molecular flexibility index (Phi) is 5.38. The summed E-state index contributed by atoms with van der Waals surface area (Å²) in [6.07, 6.45) is 13.3. The molecule has 4 fully saturated rings. The Balaban J connectivity index is 1.60. The zero-order chi connectivity index (χ0) is 24.9. The molecule has 3 heteroatoms. The van der Waals surface area contributed by atoms with E-state index in [-0.39, 0.29) is 33.0 Å². The average Bonchev–Trinajstić information content (AvgIpc) is 2.76. The first kappa shape index (κ1) is 24.8. The van der Waals surface area contributed by atoms with Crippen LogP contribution >= 0.6 is 0 Å². The number of carboxylic acid groups (broad SMARTS) is 1. The Bertz CT molecular complexity index is 904. The van der Waals surface area contributed by atoms with E-state index in [0.717, 1.165) is 38.5 Å². The maximum absolute atomic E-state index is 12.8. The minimum Gasteiger partial charge on any atom is -0.481 e. The molecular formula is C31H50O3. The summed E-state index contributed by atoms with van der Waals surface area (Å²) in [5.41, 5.74) is 1.72. The first-order chi connectivity index (χ1) is 15.7. The normalized spacial score (nSPS) is 54.1. The van der Waals surface area contributed by atoms with Crippen molar-refractivity contribution in [3.8, 4) is 0 Å². The molecule has 4 saturated carbocycles. The fraction of sp³-hybridized carbons (Fsp3) is 0.903. The monoisotopic (exact) mass is 470 g/mol. The van der Waals surface area contributed by atoms with Crippen LogP contribution in [0.5, 0.6) is 0 Å². The van der Waals surface area contributed by atoms with E-state index in [4.69, 9.17) is 0 Å². The minimum absolute atomic E-state index is 0.0116. The van der Waals surface area contributed by atoms with Crippen LogP contribution in [0.25, 0.3) is 0 Å². The molecule has 3 nitrogen and oxygen atoms in total. The van der Waals surface area contributed by atoms with Crippen molar-refractivity contribution in [3.63, 3.8) is 0 Å². The van der Waals surface area contributed by atoms with Crippen molar-refractivity contribution in [2.24, 2.45) is 56.2 Å². The van der Waals surface area contributed by atoms with E-state index in [0.29, 0.717) is 24.4 Å². The summed E-state index contributed by atoms with van der Waals surface area (Å²) in [4.78, 5) is 12.8. The molecule has 9 atom stereocenters. The van der Waals surface area contributed by atoms with Gasteiger partial charge in [0.05, 0.1) is 5.41 Å². The number of carbonyl (C=O) groups is 1. The second-order valence-electron chi connectivity index (χ2n) is 15.3. The first-order valence-corrected chi connectivity index (χ1v) is 14.3. The van der Waals surface area contributed by atoms with E-state index in [2.05, 4.69) is 54.5 Å². The number of allylic oxidation sites excluding steroid dienone is 2. The van der Waals surface area contributed by atoms with Gasteiger partial charge in [-0.25, -0.2) is 0 Å². The molecule has 0 aliphatic heterocycles. The smallest absolute Gasteiger partial charge is 0.310 e. The van der Waals surface area contributed by atoms with Gasteiger partial charge in [0.25, 0.3) is 0 Å². The first-order valence-electron chi connectivity index (χ1n) is 14.3. The lowest BCUT2D eigenvalue weighted by atomic mass is 9.33. The quantitative estimate of drug-likeness (QED) is 0.411. The lowest BCUT2D eigenvalue weighted by Gasteiger charge is -2.71. The average molecular weight is 471 g/mol. The van der Waals surface area contributed by atoms with Crippen molar-refractivity contribution < 1.29 is 15.0 Å². The third kappa shape index (κ3) is 2.88. The minimum atomic E-state index is -0.555.